The minimum Gasteiger partial charge on any atom is -0.480 e. The number of alkyl halides is 2. The van der Waals surface area contributed by atoms with E-state index in [2.05, 4.69) is 0 Å². The van der Waals surface area contributed by atoms with Crippen molar-refractivity contribution < 1.29 is 27.9 Å². The van der Waals surface area contributed by atoms with Crippen LogP contribution in [0.4, 0.5) is 13.2 Å². The summed E-state index contributed by atoms with van der Waals surface area (Å²) in [4.78, 5) is 22.3. The molecule has 8 heteroatoms. The van der Waals surface area contributed by atoms with E-state index in [4.69, 9.17) is 16.7 Å². The second kappa shape index (κ2) is 6.42. The van der Waals surface area contributed by atoms with Gasteiger partial charge in [0.25, 0.3) is 5.91 Å². The van der Waals surface area contributed by atoms with E-state index < -0.39 is 41.6 Å². The zero-order valence-electron chi connectivity index (χ0n) is 9.37. The monoisotopic (exact) mass is 295 g/mol. The van der Waals surface area contributed by atoms with Gasteiger partial charge >= 0.3 is 5.97 Å². The fourth-order valence-electron chi connectivity index (χ4n) is 1.31. The summed E-state index contributed by atoms with van der Waals surface area (Å²) in [6.07, 6.45) is -3.95. The van der Waals surface area contributed by atoms with Gasteiger partial charge in [-0.1, -0.05) is 17.7 Å². The average Bonchev–Trinajstić information content (AvgIpc) is 2.31. The number of carbonyl (C=O) groups excluding carboxylic acids is 1. The van der Waals surface area contributed by atoms with Crippen molar-refractivity contribution in [3.63, 3.8) is 0 Å². The maximum Gasteiger partial charge on any atom is 0.326 e. The molecule has 0 bridgehead atoms. The van der Waals surface area contributed by atoms with Crippen LogP contribution in [0.5, 0.6) is 0 Å². The van der Waals surface area contributed by atoms with E-state index in [1.807, 2.05) is 5.32 Å². The van der Waals surface area contributed by atoms with Crippen LogP contribution in [0, 0.1) is 5.82 Å². The van der Waals surface area contributed by atoms with Crippen molar-refractivity contribution in [2.24, 2.45) is 0 Å². The Hall–Kier alpha value is -1.76. The Kier molecular flexibility index (Phi) is 5.17. The van der Waals surface area contributed by atoms with Crippen molar-refractivity contribution in [3.05, 3.63) is 34.6 Å². The number of carboxylic acids is 1. The van der Waals surface area contributed by atoms with Gasteiger partial charge < -0.3 is 10.4 Å². The topological polar surface area (TPSA) is 66.4 Å². The molecule has 0 saturated heterocycles. The van der Waals surface area contributed by atoms with Crippen LogP contribution in [0.2, 0.25) is 5.02 Å². The van der Waals surface area contributed by atoms with E-state index >= 15 is 0 Å². The molecule has 0 aliphatic rings. The van der Waals surface area contributed by atoms with Gasteiger partial charge in [-0.2, -0.15) is 0 Å². The lowest BCUT2D eigenvalue weighted by molar-refractivity contribution is -0.140. The minimum absolute atomic E-state index is 0.317. The molecule has 4 nitrogen and oxygen atoms in total. The van der Waals surface area contributed by atoms with Crippen molar-refractivity contribution in [2.75, 3.05) is 0 Å². The summed E-state index contributed by atoms with van der Waals surface area (Å²) < 4.78 is 37.4. The Bertz CT molecular complexity index is 496. The Morgan fingerprint density at radius 2 is 2.00 bits per heavy atom. The maximum absolute atomic E-state index is 13.1. The summed E-state index contributed by atoms with van der Waals surface area (Å²) in [6.45, 7) is 0. The highest BCUT2D eigenvalue weighted by Gasteiger charge is 2.25. The number of rotatable bonds is 5. The fraction of sp³-hybridized carbons (Fsp3) is 0.273. The largest absolute Gasteiger partial charge is 0.480 e. The SMILES string of the molecule is O=C(NC(CC(F)F)C(=O)O)c1cccc(F)c1Cl. The van der Waals surface area contributed by atoms with Crippen molar-refractivity contribution in [1.29, 1.82) is 0 Å². The molecule has 1 rings (SSSR count). The van der Waals surface area contributed by atoms with Crippen LogP contribution in [0.25, 0.3) is 0 Å². The molecule has 1 amide bonds. The molecule has 2 N–H and O–H groups in total. The number of halogens is 4. The summed E-state index contributed by atoms with van der Waals surface area (Å²) in [5.74, 6) is -3.51. The maximum atomic E-state index is 13.1. The summed E-state index contributed by atoms with van der Waals surface area (Å²) >= 11 is 5.53. The lowest BCUT2D eigenvalue weighted by atomic mass is 10.1. The summed E-state index contributed by atoms with van der Waals surface area (Å²) in [7, 11) is 0. The van der Waals surface area contributed by atoms with Crippen LogP contribution >= 0.6 is 11.6 Å². The number of hydrogen-bond donors (Lipinski definition) is 2. The molecule has 0 aliphatic carbocycles. The van der Waals surface area contributed by atoms with E-state index in [-0.39, 0.29) is 5.56 Å². The molecule has 0 fully saturated rings. The molecular weight excluding hydrogens is 287 g/mol. The zero-order valence-corrected chi connectivity index (χ0v) is 10.1. The van der Waals surface area contributed by atoms with E-state index in [9.17, 15) is 22.8 Å². The fourth-order valence-corrected chi connectivity index (χ4v) is 1.53. The third kappa shape index (κ3) is 4.13. The standard InChI is InChI=1S/C11H9ClF3NO3/c12-9-5(2-1-3-6(9)13)10(17)16-7(11(18)19)4-8(14)15/h1-3,7-8H,4H2,(H,16,17)(H,18,19). The van der Waals surface area contributed by atoms with Crippen LogP contribution in [-0.2, 0) is 4.79 Å². The van der Waals surface area contributed by atoms with Gasteiger partial charge in [-0.05, 0) is 12.1 Å². The number of carbonyl (C=O) groups is 2. The quantitative estimate of drug-likeness (QED) is 0.876. The number of carboxylic acid groups (broad SMARTS) is 1. The Balaban J connectivity index is 2.88. The predicted molar refractivity (Wildman–Crippen MR) is 60.9 cm³/mol. The molecule has 0 aliphatic heterocycles. The first-order valence-electron chi connectivity index (χ1n) is 5.08. The lowest BCUT2D eigenvalue weighted by Crippen LogP contribution is -2.42. The van der Waals surface area contributed by atoms with Crippen LogP contribution in [0.1, 0.15) is 16.8 Å². The minimum atomic E-state index is -2.90. The third-order valence-electron chi connectivity index (χ3n) is 2.21. The summed E-state index contributed by atoms with van der Waals surface area (Å²) in [5, 5.41) is 10.1. The molecule has 0 radical (unpaired) electrons. The first-order chi connectivity index (χ1) is 8.82. The molecule has 0 heterocycles. The van der Waals surface area contributed by atoms with E-state index in [1.54, 1.807) is 0 Å². The van der Waals surface area contributed by atoms with Gasteiger partial charge in [0, 0.05) is 6.42 Å². The highest BCUT2D eigenvalue weighted by molar-refractivity contribution is 6.34. The molecule has 1 atom stereocenters. The Labute approximate surface area is 111 Å². The van der Waals surface area contributed by atoms with Crippen LogP contribution < -0.4 is 5.32 Å². The molecule has 0 aromatic heterocycles. The highest BCUT2D eigenvalue weighted by atomic mass is 35.5. The van der Waals surface area contributed by atoms with Crippen LogP contribution in [0.3, 0.4) is 0 Å². The molecular formula is C11H9ClF3NO3. The summed E-state index contributed by atoms with van der Waals surface area (Å²) in [5.41, 5.74) is -0.317. The molecule has 1 aromatic rings. The van der Waals surface area contributed by atoms with E-state index in [1.165, 1.54) is 6.07 Å². The summed E-state index contributed by atoms with van der Waals surface area (Å²) in [6, 6.07) is 1.58. The van der Waals surface area contributed by atoms with Crippen LogP contribution in [0.15, 0.2) is 18.2 Å². The van der Waals surface area contributed by atoms with E-state index in [0.717, 1.165) is 12.1 Å². The molecule has 0 spiro atoms. The van der Waals surface area contributed by atoms with Crippen molar-refractivity contribution in [1.82, 2.24) is 5.32 Å². The smallest absolute Gasteiger partial charge is 0.326 e. The lowest BCUT2D eigenvalue weighted by Gasteiger charge is -2.14. The number of benzene rings is 1. The van der Waals surface area contributed by atoms with Gasteiger partial charge in [0.15, 0.2) is 0 Å². The normalized spacial score (nSPS) is 12.3. The number of nitrogens with one attached hydrogen (secondary N) is 1. The van der Waals surface area contributed by atoms with Gasteiger partial charge in [0.1, 0.15) is 11.9 Å². The average molecular weight is 296 g/mol. The molecule has 104 valence electrons. The van der Waals surface area contributed by atoms with Crippen LogP contribution in [-0.4, -0.2) is 29.5 Å². The predicted octanol–water partition coefficient (Wildman–Crippen LogP) is 2.32. The van der Waals surface area contributed by atoms with Gasteiger partial charge in [-0.25, -0.2) is 18.0 Å². The zero-order chi connectivity index (χ0) is 14.6. The van der Waals surface area contributed by atoms with Crippen molar-refractivity contribution in [3.8, 4) is 0 Å². The molecule has 1 aromatic carbocycles. The van der Waals surface area contributed by atoms with Gasteiger partial charge in [-0.3, -0.25) is 4.79 Å². The molecule has 0 saturated carbocycles. The first kappa shape index (κ1) is 15.3. The number of aliphatic carboxylic acids is 1. The Morgan fingerprint density at radius 1 is 1.37 bits per heavy atom. The molecule has 1 unspecified atom stereocenters. The van der Waals surface area contributed by atoms with Gasteiger partial charge in [-0.15, -0.1) is 0 Å². The third-order valence-corrected chi connectivity index (χ3v) is 2.60. The van der Waals surface area contributed by atoms with Crippen molar-refractivity contribution in [2.45, 2.75) is 18.9 Å². The van der Waals surface area contributed by atoms with Crippen molar-refractivity contribution >= 4 is 23.5 Å². The second-order valence-corrected chi connectivity index (χ2v) is 3.97. The number of hydrogen-bond acceptors (Lipinski definition) is 2. The van der Waals surface area contributed by atoms with E-state index in [0.29, 0.717) is 0 Å². The first-order valence-corrected chi connectivity index (χ1v) is 5.46. The Morgan fingerprint density at radius 3 is 2.53 bits per heavy atom. The highest BCUT2D eigenvalue weighted by Crippen LogP contribution is 2.19. The molecule has 19 heavy (non-hydrogen) atoms. The second-order valence-electron chi connectivity index (χ2n) is 3.59. The number of amides is 1. The van der Waals surface area contributed by atoms with Gasteiger partial charge in [0.05, 0.1) is 10.6 Å². The van der Waals surface area contributed by atoms with Gasteiger partial charge in [0.2, 0.25) is 6.43 Å².